The van der Waals surface area contributed by atoms with Crippen molar-refractivity contribution in [3.05, 3.63) is 17.7 Å². The second-order valence-electron chi connectivity index (χ2n) is 2.84. The number of aryl methyl sites for hydroxylation is 1. The van der Waals surface area contributed by atoms with Gasteiger partial charge in [-0.1, -0.05) is 0 Å². The summed E-state index contributed by atoms with van der Waals surface area (Å²) in [6.07, 6.45) is 0.730. The van der Waals surface area contributed by atoms with Crippen LogP contribution in [0.15, 0.2) is 12.1 Å². The molecule has 14 heavy (non-hydrogen) atoms. The number of halogens is 1. The van der Waals surface area contributed by atoms with E-state index >= 15 is 0 Å². The number of methoxy groups -OCH3 is 2. The predicted octanol–water partition coefficient (Wildman–Crippen LogP) is 2.07. The van der Waals surface area contributed by atoms with Gasteiger partial charge >= 0.3 is 0 Å². The van der Waals surface area contributed by atoms with Crippen molar-refractivity contribution >= 4 is 17.3 Å². The number of hydrogen-bond acceptors (Lipinski definition) is 3. The van der Waals surface area contributed by atoms with Gasteiger partial charge in [0.15, 0.2) is 11.5 Å². The zero-order chi connectivity index (χ0) is 10.6. The molecule has 1 rings (SSSR count). The molecule has 0 saturated heterocycles. The van der Waals surface area contributed by atoms with E-state index in [2.05, 4.69) is 0 Å². The van der Waals surface area contributed by atoms with Crippen LogP contribution < -0.4 is 15.2 Å². The Hall–Kier alpha value is -1.09. The number of nitrogens with two attached hydrogens (primary N) is 1. The van der Waals surface area contributed by atoms with Gasteiger partial charge in [-0.2, -0.15) is 0 Å². The molecule has 0 amide bonds. The molecule has 0 aliphatic heterocycles. The lowest BCUT2D eigenvalue weighted by Gasteiger charge is -2.11. The van der Waals surface area contributed by atoms with Crippen molar-refractivity contribution in [1.29, 1.82) is 0 Å². The summed E-state index contributed by atoms with van der Waals surface area (Å²) in [5.74, 6) is 1.87. The van der Waals surface area contributed by atoms with Crippen LogP contribution in [-0.4, -0.2) is 20.1 Å². The molecule has 0 bridgehead atoms. The van der Waals surface area contributed by atoms with Crippen LogP contribution in [0.5, 0.6) is 11.5 Å². The molecule has 0 unspecified atom stereocenters. The molecule has 1 aromatic carbocycles. The number of alkyl halides is 1. The summed E-state index contributed by atoms with van der Waals surface area (Å²) < 4.78 is 10.3. The van der Waals surface area contributed by atoms with Gasteiger partial charge in [0.1, 0.15) is 0 Å². The summed E-state index contributed by atoms with van der Waals surface area (Å²) in [6, 6.07) is 3.61. The molecule has 1 aromatic rings. The average Bonchev–Trinajstić information content (AvgIpc) is 2.20. The third-order valence-electron chi connectivity index (χ3n) is 2.01. The summed E-state index contributed by atoms with van der Waals surface area (Å²) in [5.41, 5.74) is 7.48. The van der Waals surface area contributed by atoms with Gasteiger partial charge in [0.25, 0.3) is 0 Å². The Morgan fingerprint density at radius 2 is 1.79 bits per heavy atom. The van der Waals surface area contributed by atoms with Crippen LogP contribution in [0, 0.1) is 0 Å². The molecule has 0 aliphatic carbocycles. The first-order valence-electron chi connectivity index (χ1n) is 4.29. The summed E-state index contributed by atoms with van der Waals surface area (Å²) in [4.78, 5) is 0. The van der Waals surface area contributed by atoms with Crippen LogP contribution in [0.25, 0.3) is 0 Å². The second kappa shape index (κ2) is 4.96. The van der Waals surface area contributed by atoms with Gasteiger partial charge in [0.05, 0.1) is 14.2 Å². The number of anilines is 1. The van der Waals surface area contributed by atoms with Crippen molar-refractivity contribution in [2.45, 2.75) is 6.42 Å². The van der Waals surface area contributed by atoms with E-state index in [0.717, 1.165) is 12.0 Å². The van der Waals surface area contributed by atoms with Crippen molar-refractivity contribution in [2.24, 2.45) is 0 Å². The van der Waals surface area contributed by atoms with Gasteiger partial charge in [-0.3, -0.25) is 0 Å². The van der Waals surface area contributed by atoms with E-state index in [0.29, 0.717) is 23.1 Å². The quantitative estimate of drug-likeness (QED) is 0.618. The molecule has 0 aromatic heterocycles. The number of benzene rings is 1. The fraction of sp³-hybridized carbons (Fsp3) is 0.400. The van der Waals surface area contributed by atoms with Gasteiger partial charge in [-0.25, -0.2) is 0 Å². The second-order valence-corrected chi connectivity index (χ2v) is 3.22. The highest BCUT2D eigenvalue weighted by Crippen LogP contribution is 2.32. The number of ether oxygens (including phenoxy) is 2. The highest BCUT2D eigenvalue weighted by molar-refractivity contribution is 6.18. The normalized spacial score (nSPS) is 9.93. The zero-order valence-corrected chi connectivity index (χ0v) is 9.10. The predicted molar refractivity (Wildman–Crippen MR) is 58.4 cm³/mol. The van der Waals surface area contributed by atoms with Crippen LogP contribution >= 0.6 is 11.6 Å². The number of rotatable bonds is 4. The smallest absolute Gasteiger partial charge is 0.162 e. The van der Waals surface area contributed by atoms with Crippen molar-refractivity contribution in [3.63, 3.8) is 0 Å². The molecule has 0 aliphatic rings. The maximum atomic E-state index is 5.81. The molecule has 0 spiro atoms. The minimum atomic E-state index is 0.541. The lowest BCUT2D eigenvalue weighted by Crippen LogP contribution is -1.99. The summed E-state index contributed by atoms with van der Waals surface area (Å²) in [5, 5.41) is 0. The lowest BCUT2D eigenvalue weighted by atomic mass is 10.1. The molecule has 3 nitrogen and oxygen atoms in total. The molecule has 0 heterocycles. The third kappa shape index (κ3) is 2.23. The van der Waals surface area contributed by atoms with E-state index in [4.69, 9.17) is 26.8 Å². The van der Waals surface area contributed by atoms with Gasteiger partial charge in [0.2, 0.25) is 0 Å². The van der Waals surface area contributed by atoms with Crippen molar-refractivity contribution in [3.8, 4) is 11.5 Å². The Morgan fingerprint density at radius 3 is 2.29 bits per heavy atom. The third-order valence-corrected chi connectivity index (χ3v) is 2.20. The maximum absolute atomic E-state index is 5.81. The van der Waals surface area contributed by atoms with Crippen LogP contribution in [0.2, 0.25) is 0 Å². The Bertz CT molecular complexity index is 315. The summed E-state index contributed by atoms with van der Waals surface area (Å²) in [7, 11) is 3.18. The molecule has 0 saturated carbocycles. The standard InChI is InChI=1S/C10H14ClNO2/c1-13-9-5-7(3-4-11)8(12)6-10(9)14-2/h5-6H,3-4,12H2,1-2H3. The molecule has 78 valence electrons. The fourth-order valence-corrected chi connectivity index (χ4v) is 1.46. The first kappa shape index (κ1) is 11.0. The van der Waals surface area contributed by atoms with Crippen molar-refractivity contribution < 1.29 is 9.47 Å². The van der Waals surface area contributed by atoms with Gasteiger partial charge in [0, 0.05) is 17.6 Å². The van der Waals surface area contributed by atoms with Gasteiger partial charge in [-0.15, -0.1) is 11.6 Å². The van der Waals surface area contributed by atoms with Crippen LogP contribution in [0.1, 0.15) is 5.56 Å². The summed E-state index contributed by atoms with van der Waals surface area (Å²) in [6.45, 7) is 0. The van der Waals surface area contributed by atoms with E-state index in [1.807, 2.05) is 6.07 Å². The van der Waals surface area contributed by atoms with E-state index in [-0.39, 0.29) is 0 Å². The Balaban J connectivity index is 3.09. The lowest BCUT2D eigenvalue weighted by molar-refractivity contribution is 0.355. The minimum Gasteiger partial charge on any atom is -0.493 e. The molecule has 0 radical (unpaired) electrons. The Morgan fingerprint density at radius 1 is 1.21 bits per heavy atom. The van der Waals surface area contributed by atoms with E-state index in [1.165, 1.54) is 0 Å². The van der Waals surface area contributed by atoms with Gasteiger partial charge < -0.3 is 15.2 Å². The maximum Gasteiger partial charge on any atom is 0.162 e. The fourth-order valence-electron chi connectivity index (χ4n) is 1.26. The highest BCUT2D eigenvalue weighted by atomic mass is 35.5. The molecule has 0 fully saturated rings. The van der Waals surface area contributed by atoms with Crippen molar-refractivity contribution in [2.75, 3.05) is 25.8 Å². The highest BCUT2D eigenvalue weighted by Gasteiger charge is 2.08. The SMILES string of the molecule is COc1cc(N)c(CCCl)cc1OC. The molecular weight excluding hydrogens is 202 g/mol. The molecular formula is C10H14ClNO2. The molecule has 2 N–H and O–H groups in total. The largest absolute Gasteiger partial charge is 0.493 e. The van der Waals surface area contributed by atoms with E-state index < -0.39 is 0 Å². The monoisotopic (exact) mass is 215 g/mol. The van der Waals surface area contributed by atoms with Crippen LogP contribution in [-0.2, 0) is 6.42 Å². The van der Waals surface area contributed by atoms with Crippen LogP contribution in [0.4, 0.5) is 5.69 Å². The molecule has 0 atom stereocenters. The topological polar surface area (TPSA) is 44.5 Å². The zero-order valence-electron chi connectivity index (χ0n) is 8.34. The minimum absolute atomic E-state index is 0.541. The number of hydrogen-bond donors (Lipinski definition) is 1. The van der Waals surface area contributed by atoms with Crippen molar-refractivity contribution in [1.82, 2.24) is 0 Å². The van der Waals surface area contributed by atoms with Gasteiger partial charge in [-0.05, 0) is 18.1 Å². The average molecular weight is 216 g/mol. The van der Waals surface area contributed by atoms with Crippen LogP contribution in [0.3, 0.4) is 0 Å². The number of nitrogen functional groups attached to an aromatic ring is 1. The van der Waals surface area contributed by atoms with E-state index in [9.17, 15) is 0 Å². The molecule has 4 heteroatoms. The Kier molecular flexibility index (Phi) is 3.89. The first-order chi connectivity index (χ1) is 6.72. The first-order valence-corrected chi connectivity index (χ1v) is 4.82. The van der Waals surface area contributed by atoms with E-state index in [1.54, 1.807) is 20.3 Å². The Labute approximate surface area is 88.8 Å². The summed E-state index contributed by atoms with van der Waals surface area (Å²) >= 11 is 5.65.